The molecule has 22 heavy (non-hydrogen) atoms. The molecule has 6 heteroatoms. The molecule has 1 aromatic rings. The number of amides is 3. The number of urea groups is 1. The zero-order valence-corrected chi connectivity index (χ0v) is 13.2. The monoisotopic (exact) mass is 321 g/mol. The zero-order valence-electron chi connectivity index (χ0n) is 12.4. The normalized spacial score (nSPS) is 22.1. The molecule has 3 amide bonds. The number of nitrogens with zero attached hydrogens (tertiary/aromatic N) is 2. The van der Waals surface area contributed by atoms with Crippen LogP contribution in [0.3, 0.4) is 0 Å². The lowest BCUT2D eigenvalue weighted by atomic mass is 10.0. The second kappa shape index (κ2) is 6.67. The standard InChI is InChI=1S/C16H20ClN3O2/c17-14-6-2-1-4-12(14)10-13-5-3-8-19(13)11-15(21)20-9-7-18-16(20)22/h1-2,4,6,13H,3,5,7-11H2,(H,18,22)/t13-/m0/s1. The Bertz CT molecular complexity index is 578. The van der Waals surface area contributed by atoms with E-state index in [1.54, 1.807) is 0 Å². The van der Waals surface area contributed by atoms with E-state index in [1.165, 1.54) is 4.90 Å². The van der Waals surface area contributed by atoms with Gasteiger partial charge in [-0.15, -0.1) is 0 Å². The van der Waals surface area contributed by atoms with E-state index >= 15 is 0 Å². The van der Waals surface area contributed by atoms with E-state index in [2.05, 4.69) is 10.2 Å². The molecule has 0 aliphatic carbocycles. The number of hydrogen-bond donors (Lipinski definition) is 1. The van der Waals surface area contributed by atoms with Gasteiger partial charge in [0, 0.05) is 24.2 Å². The number of imide groups is 1. The van der Waals surface area contributed by atoms with Gasteiger partial charge in [-0.05, 0) is 37.4 Å². The molecule has 1 aromatic carbocycles. The molecular weight excluding hydrogens is 302 g/mol. The number of hydrogen-bond acceptors (Lipinski definition) is 3. The van der Waals surface area contributed by atoms with Crippen LogP contribution >= 0.6 is 11.6 Å². The third-order valence-corrected chi connectivity index (χ3v) is 4.78. The molecule has 0 saturated carbocycles. The van der Waals surface area contributed by atoms with Gasteiger partial charge in [0.25, 0.3) is 0 Å². The molecule has 2 fully saturated rings. The van der Waals surface area contributed by atoms with Gasteiger partial charge in [0.2, 0.25) is 5.91 Å². The quantitative estimate of drug-likeness (QED) is 0.921. The molecule has 1 N–H and O–H groups in total. The third kappa shape index (κ3) is 3.25. The molecular formula is C16H20ClN3O2. The van der Waals surface area contributed by atoms with Gasteiger partial charge in [0.1, 0.15) is 0 Å². The minimum absolute atomic E-state index is 0.110. The summed E-state index contributed by atoms with van der Waals surface area (Å²) >= 11 is 6.23. The van der Waals surface area contributed by atoms with Crippen molar-refractivity contribution >= 4 is 23.5 Å². The first-order chi connectivity index (χ1) is 10.6. The molecule has 2 saturated heterocycles. The fourth-order valence-corrected chi connectivity index (χ4v) is 3.43. The predicted octanol–water partition coefficient (Wildman–Crippen LogP) is 1.90. The van der Waals surface area contributed by atoms with Gasteiger partial charge >= 0.3 is 6.03 Å². The van der Waals surface area contributed by atoms with Crippen molar-refractivity contribution in [1.29, 1.82) is 0 Å². The molecule has 0 unspecified atom stereocenters. The number of halogens is 1. The van der Waals surface area contributed by atoms with Crippen LogP contribution in [0, 0.1) is 0 Å². The first-order valence-electron chi connectivity index (χ1n) is 7.71. The molecule has 5 nitrogen and oxygen atoms in total. The van der Waals surface area contributed by atoms with Crippen LogP contribution in [-0.2, 0) is 11.2 Å². The predicted molar refractivity (Wildman–Crippen MR) is 84.9 cm³/mol. The average molecular weight is 322 g/mol. The lowest BCUT2D eigenvalue weighted by molar-refractivity contribution is -0.129. The van der Waals surface area contributed by atoms with Crippen molar-refractivity contribution in [3.05, 3.63) is 34.9 Å². The average Bonchev–Trinajstić information content (AvgIpc) is 3.11. The SMILES string of the molecule is O=C(CN1CCC[C@H]1Cc1ccccc1Cl)N1CCNC1=O. The fraction of sp³-hybridized carbons (Fsp3) is 0.500. The number of carbonyl (C=O) groups excluding carboxylic acids is 2. The maximum atomic E-state index is 12.3. The summed E-state index contributed by atoms with van der Waals surface area (Å²) < 4.78 is 0. The maximum Gasteiger partial charge on any atom is 0.324 e. The van der Waals surface area contributed by atoms with Gasteiger partial charge in [-0.1, -0.05) is 29.8 Å². The molecule has 0 spiro atoms. The van der Waals surface area contributed by atoms with E-state index in [4.69, 9.17) is 11.6 Å². The van der Waals surface area contributed by atoms with Crippen molar-refractivity contribution < 1.29 is 9.59 Å². The van der Waals surface area contributed by atoms with E-state index in [9.17, 15) is 9.59 Å². The number of likely N-dealkylation sites (tertiary alicyclic amines) is 1. The van der Waals surface area contributed by atoms with Gasteiger partial charge in [-0.2, -0.15) is 0 Å². The van der Waals surface area contributed by atoms with Crippen molar-refractivity contribution in [1.82, 2.24) is 15.1 Å². The highest BCUT2D eigenvalue weighted by molar-refractivity contribution is 6.31. The Morgan fingerprint density at radius 1 is 1.32 bits per heavy atom. The largest absolute Gasteiger partial charge is 0.336 e. The molecule has 2 heterocycles. The van der Waals surface area contributed by atoms with Crippen molar-refractivity contribution in [2.75, 3.05) is 26.2 Å². The molecule has 118 valence electrons. The van der Waals surface area contributed by atoms with Crippen LogP contribution in [-0.4, -0.2) is 54.0 Å². The number of benzene rings is 1. The summed E-state index contributed by atoms with van der Waals surface area (Å²) in [7, 11) is 0. The Morgan fingerprint density at radius 3 is 2.86 bits per heavy atom. The number of nitrogens with one attached hydrogen (secondary N) is 1. The van der Waals surface area contributed by atoms with Crippen LogP contribution in [0.15, 0.2) is 24.3 Å². The Balaban J connectivity index is 1.62. The Kier molecular flexibility index (Phi) is 4.64. The van der Waals surface area contributed by atoms with Crippen molar-refractivity contribution in [3.63, 3.8) is 0 Å². The van der Waals surface area contributed by atoms with E-state index in [0.717, 1.165) is 36.4 Å². The fourth-order valence-electron chi connectivity index (χ4n) is 3.22. The smallest absolute Gasteiger partial charge is 0.324 e. The summed E-state index contributed by atoms with van der Waals surface area (Å²) in [6.07, 6.45) is 2.98. The van der Waals surface area contributed by atoms with Crippen LogP contribution in [0.25, 0.3) is 0 Å². The molecule has 1 atom stereocenters. The van der Waals surface area contributed by atoms with Gasteiger partial charge in [0.05, 0.1) is 6.54 Å². The lowest BCUT2D eigenvalue weighted by Crippen LogP contribution is -2.44. The second-order valence-corrected chi connectivity index (χ2v) is 6.25. The molecule has 0 radical (unpaired) electrons. The number of rotatable bonds is 4. The highest BCUT2D eigenvalue weighted by atomic mass is 35.5. The van der Waals surface area contributed by atoms with E-state index < -0.39 is 0 Å². The Labute approximate surface area is 135 Å². The van der Waals surface area contributed by atoms with Crippen molar-refractivity contribution in [3.8, 4) is 0 Å². The second-order valence-electron chi connectivity index (χ2n) is 5.84. The molecule has 3 rings (SSSR count). The van der Waals surface area contributed by atoms with E-state index in [1.807, 2.05) is 24.3 Å². The van der Waals surface area contributed by atoms with E-state index in [-0.39, 0.29) is 11.9 Å². The van der Waals surface area contributed by atoms with Crippen LogP contribution in [0.4, 0.5) is 4.79 Å². The first-order valence-corrected chi connectivity index (χ1v) is 8.08. The van der Waals surface area contributed by atoms with Crippen LogP contribution in [0.2, 0.25) is 5.02 Å². The topological polar surface area (TPSA) is 52.7 Å². The molecule has 2 aliphatic heterocycles. The summed E-state index contributed by atoms with van der Waals surface area (Å²) in [6, 6.07) is 7.89. The van der Waals surface area contributed by atoms with Crippen LogP contribution in [0.5, 0.6) is 0 Å². The van der Waals surface area contributed by atoms with Crippen LogP contribution < -0.4 is 5.32 Å². The third-order valence-electron chi connectivity index (χ3n) is 4.41. The van der Waals surface area contributed by atoms with Crippen molar-refractivity contribution in [2.24, 2.45) is 0 Å². The van der Waals surface area contributed by atoms with E-state index in [0.29, 0.717) is 25.7 Å². The minimum atomic E-state index is -0.271. The summed E-state index contributed by atoms with van der Waals surface area (Å²) in [6.45, 7) is 2.23. The van der Waals surface area contributed by atoms with Gasteiger partial charge in [-0.3, -0.25) is 14.6 Å². The molecule has 2 aliphatic rings. The highest BCUT2D eigenvalue weighted by Crippen LogP contribution is 2.24. The van der Waals surface area contributed by atoms with Gasteiger partial charge < -0.3 is 5.32 Å². The minimum Gasteiger partial charge on any atom is -0.336 e. The summed E-state index contributed by atoms with van der Waals surface area (Å²) in [4.78, 5) is 27.3. The Hall–Kier alpha value is -1.59. The van der Waals surface area contributed by atoms with Gasteiger partial charge in [0.15, 0.2) is 0 Å². The molecule has 0 aromatic heterocycles. The summed E-state index contributed by atoms with van der Waals surface area (Å²) in [5, 5.41) is 3.44. The summed E-state index contributed by atoms with van der Waals surface area (Å²) in [5.74, 6) is -0.110. The maximum absolute atomic E-state index is 12.3. The van der Waals surface area contributed by atoms with Crippen molar-refractivity contribution in [2.45, 2.75) is 25.3 Å². The van der Waals surface area contributed by atoms with Crippen LogP contribution in [0.1, 0.15) is 18.4 Å². The molecule has 0 bridgehead atoms. The zero-order chi connectivity index (χ0) is 15.5. The Morgan fingerprint density at radius 2 is 2.14 bits per heavy atom. The lowest BCUT2D eigenvalue weighted by Gasteiger charge is -2.25. The summed E-state index contributed by atoms with van der Waals surface area (Å²) in [5.41, 5.74) is 1.12. The number of carbonyl (C=O) groups is 2. The highest BCUT2D eigenvalue weighted by Gasteiger charge is 2.31. The first kappa shape index (κ1) is 15.3. The van der Waals surface area contributed by atoms with Gasteiger partial charge in [-0.25, -0.2) is 4.79 Å².